The van der Waals surface area contributed by atoms with Crippen LogP contribution in [-0.2, 0) is 9.59 Å². The summed E-state index contributed by atoms with van der Waals surface area (Å²) in [7, 11) is 0. The van der Waals surface area contributed by atoms with E-state index in [2.05, 4.69) is 10.6 Å². The van der Waals surface area contributed by atoms with Crippen LogP contribution in [0, 0.1) is 0 Å². The Balaban J connectivity index is 2.48. The average molecular weight is 273 g/mol. The summed E-state index contributed by atoms with van der Waals surface area (Å²) in [5.41, 5.74) is 0. The van der Waals surface area contributed by atoms with Crippen LogP contribution in [0.1, 0.15) is 20.3 Å². The number of aliphatic carboxylic acids is 1. The van der Waals surface area contributed by atoms with Gasteiger partial charge in [0, 0.05) is 19.0 Å². The fourth-order valence-corrected chi connectivity index (χ4v) is 1.90. The molecule has 0 spiro atoms. The zero-order chi connectivity index (χ0) is 14.6. The van der Waals surface area contributed by atoms with Gasteiger partial charge in [-0.15, -0.1) is 0 Å². The molecule has 1 fully saturated rings. The molecule has 0 radical (unpaired) electrons. The Hall–Kier alpha value is -1.83. The quantitative estimate of drug-likeness (QED) is 0.510. The first-order chi connectivity index (χ1) is 8.81. The minimum absolute atomic E-state index is 0.000936. The number of nitrogens with zero attached hydrogens (tertiary/aromatic N) is 1. The van der Waals surface area contributed by atoms with Crippen molar-refractivity contribution in [3.05, 3.63) is 0 Å². The predicted molar refractivity (Wildman–Crippen MR) is 65.4 cm³/mol. The minimum Gasteiger partial charge on any atom is -0.480 e. The Bertz CT molecular complexity index is 371. The van der Waals surface area contributed by atoms with Crippen LogP contribution in [0.2, 0.25) is 0 Å². The third-order valence-corrected chi connectivity index (χ3v) is 2.67. The fourth-order valence-electron chi connectivity index (χ4n) is 1.90. The van der Waals surface area contributed by atoms with Crippen molar-refractivity contribution in [3.63, 3.8) is 0 Å². The Morgan fingerprint density at radius 3 is 2.53 bits per heavy atom. The maximum absolute atomic E-state index is 11.8. The maximum atomic E-state index is 11.8. The van der Waals surface area contributed by atoms with Gasteiger partial charge in [-0.2, -0.15) is 0 Å². The summed E-state index contributed by atoms with van der Waals surface area (Å²) >= 11 is 0. The van der Waals surface area contributed by atoms with Crippen LogP contribution in [0.5, 0.6) is 0 Å². The first-order valence-electron chi connectivity index (χ1n) is 6.06. The number of urea groups is 1. The lowest BCUT2D eigenvalue weighted by atomic mass is 10.2. The molecule has 108 valence electrons. The van der Waals surface area contributed by atoms with Crippen molar-refractivity contribution >= 4 is 17.9 Å². The molecule has 8 nitrogen and oxygen atoms in total. The molecule has 1 saturated heterocycles. The number of hydrogen-bond acceptors (Lipinski definition) is 4. The monoisotopic (exact) mass is 273 g/mol. The summed E-state index contributed by atoms with van der Waals surface area (Å²) in [6, 6.07) is -1.75. The van der Waals surface area contributed by atoms with Gasteiger partial charge in [0.15, 0.2) is 0 Å². The van der Waals surface area contributed by atoms with E-state index in [-0.39, 0.29) is 31.5 Å². The van der Waals surface area contributed by atoms with Crippen molar-refractivity contribution < 1.29 is 24.6 Å². The summed E-state index contributed by atoms with van der Waals surface area (Å²) in [4.78, 5) is 35.1. The van der Waals surface area contributed by atoms with Gasteiger partial charge in [-0.3, -0.25) is 4.79 Å². The summed E-state index contributed by atoms with van der Waals surface area (Å²) in [6.45, 7) is 3.30. The van der Waals surface area contributed by atoms with E-state index in [1.54, 1.807) is 13.8 Å². The van der Waals surface area contributed by atoms with Gasteiger partial charge < -0.3 is 25.7 Å². The molecule has 1 aliphatic heterocycles. The van der Waals surface area contributed by atoms with Crippen LogP contribution < -0.4 is 10.6 Å². The van der Waals surface area contributed by atoms with Crippen LogP contribution in [0.15, 0.2) is 0 Å². The highest BCUT2D eigenvalue weighted by atomic mass is 16.4. The van der Waals surface area contributed by atoms with Gasteiger partial charge in [0.1, 0.15) is 6.04 Å². The van der Waals surface area contributed by atoms with Crippen molar-refractivity contribution in [2.24, 2.45) is 0 Å². The van der Waals surface area contributed by atoms with Crippen LogP contribution in [0.4, 0.5) is 4.79 Å². The van der Waals surface area contributed by atoms with Gasteiger partial charge >= 0.3 is 12.0 Å². The Labute approximate surface area is 110 Å². The van der Waals surface area contributed by atoms with E-state index in [0.717, 1.165) is 4.90 Å². The molecule has 2 atom stereocenters. The SMILES string of the molecule is CC(C)NC(=O)CNC(=O)N1CC(O)CC1C(=O)O. The second-order valence-electron chi connectivity index (χ2n) is 4.78. The molecular formula is C11H19N3O5. The predicted octanol–water partition coefficient (Wildman–Crippen LogP) is -1.26. The van der Waals surface area contributed by atoms with Gasteiger partial charge in [-0.1, -0.05) is 0 Å². The highest BCUT2D eigenvalue weighted by Crippen LogP contribution is 2.17. The number of hydrogen-bond donors (Lipinski definition) is 4. The molecular weight excluding hydrogens is 254 g/mol. The standard InChI is InChI=1S/C11H19N3O5/c1-6(2)13-9(16)4-12-11(19)14-5-7(15)3-8(14)10(17)18/h6-8,15H,3-5H2,1-2H3,(H,12,19)(H,13,16)(H,17,18). The number of carbonyl (C=O) groups is 3. The minimum atomic E-state index is -1.17. The molecule has 0 aromatic rings. The number of aliphatic hydroxyl groups excluding tert-OH is 1. The van der Waals surface area contributed by atoms with Gasteiger partial charge in [0.05, 0.1) is 12.6 Å². The van der Waals surface area contributed by atoms with Crippen molar-refractivity contribution in [2.75, 3.05) is 13.1 Å². The lowest BCUT2D eigenvalue weighted by Gasteiger charge is -2.21. The Morgan fingerprint density at radius 1 is 1.37 bits per heavy atom. The summed E-state index contributed by atoms with van der Waals surface area (Å²) in [5.74, 6) is -1.52. The Kier molecular flexibility index (Phi) is 5.11. The van der Waals surface area contributed by atoms with Crippen molar-refractivity contribution in [2.45, 2.75) is 38.5 Å². The van der Waals surface area contributed by atoms with Crippen molar-refractivity contribution in [1.29, 1.82) is 0 Å². The van der Waals surface area contributed by atoms with E-state index in [1.807, 2.05) is 0 Å². The molecule has 19 heavy (non-hydrogen) atoms. The molecule has 8 heteroatoms. The second kappa shape index (κ2) is 6.37. The van der Waals surface area contributed by atoms with E-state index < -0.39 is 24.1 Å². The molecule has 3 amide bonds. The third kappa shape index (κ3) is 4.40. The van der Waals surface area contributed by atoms with Gasteiger partial charge in [0.25, 0.3) is 0 Å². The number of carboxylic acids is 1. The fraction of sp³-hybridized carbons (Fsp3) is 0.727. The van der Waals surface area contributed by atoms with Crippen molar-refractivity contribution in [3.8, 4) is 0 Å². The maximum Gasteiger partial charge on any atom is 0.326 e. The van der Waals surface area contributed by atoms with Gasteiger partial charge in [-0.25, -0.2) is 9.59 Å². The molecule has 1 aliphatic rings. The molecule has 2 unspecified atom stereocenters. The Morgan fingerprint density at radius 2 is 2.00 bits per heavy atom. The largest absolute Gasteiger partial charge is 0.480 e. The van der Waals surface area contributed by atoms with E-state index in [0.29, 0.717) is 0 Å². The number of carboxylic acid groups (broad SMARTS) is 1. The third-order valence-electron chi connectivity index (χ3n) is 2.67. The summed E-state index contributed by atoms with van der Waals surface area (Å²) in [6.07, 6.45) is -0.850. The highest BCUT2D eigenvalue weighted by molar-refractivity contribution is 5.87. The zero-order valence-corrected chi connectivity index (χ0v) is 10.9. The van der Waals surface area contributed by atoms with Crippen LogP contribution in [-0.4, -0.2) is 64.3 Å². The van der Waals surface area contributed by atoms with Crippen LogP contribution in [0.3, 0.4) is 0 Å². The number of nitrogens with one attached hydrogen (secondary N) is 2. The lowest BCUT2D eigenvalue weighted by Crippen LogP contribution is -2.49. The van der Waals surface area contributed by atoms with E-state index in [9.17, 15) is 19.5 Å². The molecule has 0 aliphatic carbocycles. The molecule has 4 N–H and O–H groups in total. The molecule has 0 saturated carbocycles. The normalized spacial score (nSPS) is 22.4. The first kappa shape index (κ1) is 15.2. The smallest absolute Gasteiger partial charge is 0.326 e. The van der Waals surface area contributed by atoms with Crippen LogP contribution in [0.25, 0.3) is 0 Å². The number of aliphatic hydroxyl groups is 1. The number of amides is 3. The highest BCUT2D eigenvalue weighted by Gasteiger charge is 2.38. The number of β-amino-alcohol motifs (C(OH)–C–C–N with tert-alkyl or cyclic N) is 1. The van der Waals surface area contributed by atoms with E-state index in [1.165, 1.54) is 0 Å². The number of carbonyl (C=O) groups excluding carboxylic acids is 2. The number of rotatable bonds is 4. The number of likely N-dealkylation sites (tertiary alicyclic amines) is 1. The molecule has 0 aromatic heterocycles. The summed E-state index contributed by atoms with van der Waals surface area (Å²) < 4.78 is 0. The summed E-state index contributed by atoms with van der Waals surface area (Å²) in [5, 5.41) is 23.3. The zero-order valence-electron chi connectivity index (χ0n) is 10.9. The molecule has 0 bridgehead atoms. The lowest BCUT2D eigenvalue weighted by molar-refractivity contribution is -0.141. The van der Waals surface area contributed by atoms with Gasteiger partial charge in [-0.05, 0) is 13.8 Å². The van der Waals surface area contributed by atoms with Gasteiger partial charge in [0.2, 0.25) is 5.91 Å². The first-order valence-corrected chi connectivity index (χ1v) is 6.06. The van der Waals surface area contributed by atoms with Crippen molar-refractivity contribution in [1.82, 2.24) is 15.5 Å². The van der Waals surface area contributed by atoms with E-state index >= 15 is 0 Å². The molecule has 1 heterocycles. The second-order valence-corrected chi connectivity index (χ2v) is 4.78. The molecule has 0 aromatic carbocycles. The molecule has 1 rings (SSSR count). The average Bonchev–Trinajstić information content (AvgIpc) is 2.67. The van der Waals surface area contributed by atoms with E-state index in [4.69, 9.17) is 5.11 Å². The topological polar surface area (TPSA) is 119 Å². The van der Waals surface area contributed by atoms with Crippen LogP contribution >= 0.6 is 0 Å².